The van der Waals surface area contributed by atoms with E-state index in [2.05, 4.69) is 24.0 Å². The predicted molar refractivity (Wildman–Crippen MR) is 131 cm³/mol. The second-order valence-electron chi connectivity index (χ2n) is 7.34. The quantitative estimate of drug-likeness (QED) is 0.244. The third kappa shape index (κ3) is 5.35. The minimum Gasteiger partial charge on any atom is -0.507 e. The lowest BCUT2D eigenvalue weighted by molar-refractivity contribution is 0.476. The summed E-state index contributed by atoms with van der Waals surface area (Å²) in [5, 5.41) is 12.7. The summed E-state index contributed by atoms with van der Waals surface area (Å²) in [7, 11) is 0. The SMILES string of the molecule is Oc1c(Cc2ccccc2)ccc2ccc(C#CCc3ccc(C(Cl)(Cl)Cl)cc3)cc12. The van der Waals surface area contributed by atoms with Crippen molar-refractivity contribution < 1.29 is 5.11 Å². The van der Waals surface area contributed by atoms with Crippen molar-refractivity contribution >= 4 is 45.6 Å². The summed E-state index contributed by atoms with van der Waals surface area (Å²) < 4.78 is -1.42. The fourth-order valence-electron chi connectivity index (χ4n) is 3.45. The second-order valence-corrected chi connectivity index (χ2v) is 9.63. The monoisotopic (exact) mass is 464 g/mol. The maximum absolute atomic E-state index is 10.8. The molecule has 4 rings (SSSR count). The molecule has 0 aliphatic heterocycles. The first kappa shape index (κ1) is 21.6. The Morgan fingerprint density at radius 2 is 1.48 bits per heavy atom. The first-order valence-electron chi connectivity index (χ1n) is 9.84. The number of aromatic hydroxyl groups is 1. The van der Waals surface area contributed by atoms with Crippen LogP contribution in [0.5, 0.6) is 5.75 Å². The van der Waals surface area contributed by atoms with Gasteiger partial charge < -0.3 is 5.11 Å². The minimum atomic E-state index is -1.42. The van der Waals surface area contributed by atoms with Gasteiger partial charge in [0.25, 0.3) is 0 Å². The van der Waals surface area contributed by atoms with Crippen molar-refractivity contribution in [3.05, 3.63) is 113 Å². The average molecular weight is 466 g/mol. The van der Waals surface area contributed by atoms with Crippen LogP contribution in [0, 0.1) is 11.8 Å². The second kappa shape index (κ2) is 9.25. The molecule has 0 spiro atoms. The third-order valence-electron chi connectivity index (χ3n) is 5.12. The standard InChI is InChI=1S/C27H19Cl3O/c28-27(29,30)24-15-10-19(11-16-24)7-4-8-21-9-12-22-13-14-23(26(31)25(22)18-21)17-20-5-2-1-3-6-20/h1-3,5-6,9-16,18,31H,7,17H2. The van der Waals surface area contributed by atoms with Crippen LogP contribution >= 0.6 is 34.8 Å². The van der Waals surface area contributed by atoms with Crippen LogP contribution in [-0.2, 0) is 16.6 Å². The van der Waals surface area contributed by atoms with Gasteiger partial charge in [-0.15, -0.1) is 0 Å². The van der Waals surface area contributed by atoms with Gasteiger partial charge in [-0.05, 0) is 34.2 Å². The summed E-state index contributed by atoms with van der Waals surface area (Å²) in [4.78, 5) is 0. The van der Waals surface area contributed by atoms with Crippen molar-refractivity contribution in [1.29, 1.82) is 0 Å². The van der Waals surface area contributed by atoms with Crippen LogP contribution in [-0.4, -0.2) is 5.11 Å². The molecule has 4 aromatic rings. The van der Waals surface area contributed by atoms with Crippen LogP contribution < -0.4 is 0 Å². The lowest BCUT2D eigenvalue weighted by Crippen LogP contribution is -1.99. The van der Waals surface area contributed by atoms with Crippen LogP contribution in [0.15, 0.2) is 84.9 Å². The van der Waals surface area contributed by atoms with E-state index in [1.54, 1.807) is 12.1 Å². The molecule has 31 heavy (non-hydrogen) atoms. The summed E-state index contributed by atoms with van der Waals surface area (Å²) in [6.45, 7) is 0. The molecule has 0 bridgehead atoms. The highest BCUT2D eigenvalue weighted by atomic mass is 35.6. The number of rotatable bonds is 3. The molecule has 4 aromatic carbocycles. The Hall–Kier alpha value is -2.63. The lowest BCUT2D eigenvalue weighted by atomic mass is 9.98. The Morgan fingerprint density at radius 1 is 0.774 bits per heavy atom. The number of hydrogen-bond donors (Lipinski definition) is 1. The van der Waals surface area contributed by atoms with Crippen molar-refractivity contribution in [2.75, 3.05) is 0 Å². The largest absolute Gasteiger partial charge is 0.507 e. The molecule has 4 heteroatoms. The number of fused-ring (bicyclic) bond motifs is 1. The van der Waals surface area contributed by atoms with E-state index in [4.69, 9.17) is 34.8 Å². The van der Waals surface area contributed by atoms with Crippen LogP contribution in [0.2, 0.25) is 0 Å². The number of halogens is 3. The fourth-order valence-corrected chi connectivity index (χ4v) is 3.82. The van der Waals surface area contributed by atoms with Gasteiger partial charge in [0.15, 0.2) is 0 Å². The zero-order valence-corrected chi connectivity index (χ0v) is 18.8. The molecule has 0 heterocycles. The number of hydrogen-bond acceptors (Lipinski definition) is 1. The van der Waals surface area contributed by atoms with Crippen molar-refractivity contribution in [2.24, 2.45) is 0 Å². The Morgan fingerprint density at radius 3 is 2.19 bits per heavy atom. The van der Waals surface area contributed by atoms with E-state index in [9.17, 15) is 5.11 Å². The molecule has 1 nitrogen and oxygen atoms in total. The smallest absolute Gasteiger partial charge is 0.216 e. The number of phenols is 1. The molecule has 0 atom stereocenters. The Labute approximate surface area is 197 Å². The molecular formula is C27H19Cl3O. The Kier molecular flexibility index (Phi) is 6.44. The highest BCUT2D eigenvalue weighted by Gasteiger charge is 2.21. The van der Waals surface area contributed by atoms with Crippen LogP contribution in [0.25, 0.3) is 10.8 Å². The zero-order chi connectivity index (χ0) is 21.8. The first-order valence-corrected chi connectivity index (χ1v) is 11.0. The zero-order valence-electron chi connectivity index (χ0n) is 16.6. The molecule has 0 radical (unpaired) electrons. The molecule has 0 saturated carbocycles. The Bertz CT molecular complexity index is 1260. The highest BCUT2D eigenvalue weighted by molar-refractivity contribution is 6.66. The van der Waals surface area contributed by atoms with Gasteiger partial charge in [-0.25, -0.2) is 0 Å². The maximum atomic E-state index is 10.8. The van der Waals surface area contributed by atoms with E-state index < -0.39 is 3.79 Å². The van der Waals surface area contributed by atoms with Crippen molar-refractivity contribution in [1.82, 2.24) is 0 Å². The molecule has 1 N–H and O–H groups in total. The van der Waals surface area contributed by atoms with E-state index in [0.717, 1.165) is 33.0 Å². The molecule has 0 aliphatic carbocycles. The maximum Gasteiger partial charge on any atom is 0.216 e. The lowest BCUT2D eigenvalue weighted by Gasteiger charge is -2.10. The van der Waals surface area contributed by atoms with E-state index >= 15 is 0 Å². The molecule has 0 fully saturated rings. The predicted octanol–water partition coefficient (Wildman–Crippen LogP) is 7.56. The summed E-state index contributed by atoms with van der Waals surface area (Å²) in [5.41, 5.74) is 4.59. The average Bonchev–Trinajstić information content (AvgIpc) is 2.76. The van der Waals surface area contributed by atoms with E-state index in [1.807, 2.05) is 60.7 Å². The van der Waals surface area contributed by atoms with Gasteiger partial charge >= 0.3 is 0 Å². The van der Waals surface area contributed by atoms with E-state index in [1.165, 1.54) is 0 Å². The fraction of sp³-hybridized carbons (Fsp3) is 0.111. The van der Waals surface area contributed by atoms with E-state index in [0.29, 0.717) is 24.2 Å². The van der Waals surface area contributed by atoms with Gasteiger partial charge in [0.1, 0.15) is 5.75 Å². The Balaban J connectivity index is 1.54. The molecule has 0 amide bonds. The number of alkyl halides is 3. The number of phenolic OH excluding ortho intramolecular Hbond substituents is 1. The van der Waals surface area contributed by atoms with E-state index in [-0.39, 0.29) is 0 Å². The normalized spacial score (nSPS) is 11.2. The summed E-state index contributed by atoms with van der Waals surface area (Å²) >= 11 is 17.7. The van der Waals surface area contributed by atoms with Crippen molar-refractivity contribution in [3.8, 4) is 17.6 Å². The van der Waals surface area contributed by atoms with Gasteiger partial charge in [-0.1, -0.05) is 119 Å². The summed E-state index contributed by atoms with van der Waals surface area (Å²) in [6, 6.07) is 27.5. The molecule has 0 aliphatic rings. The molecule has 154 valence electrons. The highest BCUT2D eigenvalue weighted by Crippen LogP contribution is 2.38. The van der Waals surface area contributed by atoms with Gasteiger partial charge in [0.2, 0.25) is 3.79 Å². The first-order chi connectivity index (χ1) is 14.9. The summed E-state index contributed by atoms with van der Waals surface area (Å²) in [6.07, 6.45) is 1.26. The molecule has 0 saturated heterocycles. The van der Waals surface area contributed by atoms with Crippen LogP contribution in [0.4, 0.5) is 0 Å². The molecule has 0 unspecified atom stereocenters. The minimum absolute atomic E-state index is 0.312. The van der Waals surface area contributed by atoms with Crippen molar-refractivity contribution in [2.45, 2.75) is 16.6 Å². The van der Waals surface area contributed by atoms with Gasteiger partial charge in [-0.3, -0.25) is 0 Å². The topological polar surface area (TPSA) is 20.2 Å². The van der Waals surface area contributed by atoms with Gasteiger partial charge in [-0.2, -0.15) is 0 Å². The van der Waals surface area contributed by atoms with Crippen LogP contribution in [0.3, 0.4) is 0 Å². The van der Waals surface area contributed by atoms with Gasteiger partial charge in [0.05, 0.1) is 0 Å². The third-order valence-corrected chi connectivity index (χ3v) is 5.78. The summed E-state index contributed by atoms with van der Waals surface area (Å²) in [5.74, 6) is 6.68. The van der Waals surface area contributed by atoms with Gasteiger partial charge in [0, 0.05) is 29.4 Å². The van der Waals surface area contributed by atoms with Crippen LogP contribution in [0.1, 0.15) is 27.8 Å². The molecular weight excluding hydrogens is 447 g/mol. The number of benzene rings is 4. The van der Waals surface area contributed by atoms with Crippen molar-refractivity contribution in [3.63, 3.8) is 0 Å². The molecule has 0 aromatic heterocycles.